The molecule has 3 rings (SSSR count). The summed E-state index contributed by atoms with van der Waals surface area (Å²) in [6.45, 7) is 24.9. The Morgan fingerprint density at radius 1 is 0.897 bits per heavy atom. The molecule has 0 radical (unpaired) electrons. The van der Waals surface area contributed by atoms with Crippen LogP contribution in [0.2, 0.25) is 0 Å². The average Bonchev–Trinajstić information content (AvgIpc) is 2.93. The van der Waals surface area contributed by atoms with Crippen LogP contribution in [0.4, 0.5) is 0 Å². The Kier molecular flexibility index (Phi) is 5.39. The first kappa shape index (κ1) is 22.5. The maximum atomic E-state index is 6.39. The van der Waals surface area contributed by atoms with Gasteiger partial charge in [-0.3, -0.25) is 0 Å². The van der Waals surface area contributed by atoms with E-state index in [1.807, 2.05) is 11.3 Å². The molecule has 0 aliphatic heterocycles. The Hall–Kier alpha value is -1.16. The molecule has 2 aromatic rings. The molecule has 1 atom stereocenters. The molecular formula is C25H40N2OS. The fourth-order valence-electron chi connectivity index (χ4n) is 3.82. The van der Waals surface area contributed by atoms with Gasteiger partial charge < -0.3 is 4.42 Å². The van der Waals surface area contributed by atoms with Gasteiger partial charge in [-0.2, -0.15) is 0 Å². The third kappa shape index (κ3) is 4.78. The van der Waals surface area contributed by atoms with Gasteiger partial charge in [-0.1, -0.05) is 76.2 Å². The van der Waals surface area contributed by atoms with Crippen LogP contribution in [-0.2, 0) is 29.1 Å². The van der Waals surface area contributed by atoms with Crippen molar-refractivity contribution in [2.45, 2.75) is 118 Å². The van der Waals surface area contributed by atoms with Gasteiger partial charge in [-0.25, -0.2) is 9.97 Å². The van der Waals surface area contributed by atoms with Crippen molar-refractivity contribution in [2.24, 2.45) is 5.41 Å². The van der Waals surface area contributed by atoms with E-state index in [2.05, 4.69) is 76.2 Å². The highest BCUT2D eigenvalue weighted by atomic mass is 32.1. The Labute approximate surface area is 181 Å². The fourth-order valence-corrected chi connectivity index (χ4v) is 5.05. The summed E-state index contributed by atoms with van der Waals surface area (Å²) in [5, 5.41) is 1.23. The first-order valence-corrected chi connectivity index (χ1v) is 11.8. The van der Waals surface area contributed by atoms with Gasteiger partial charge in [0.15, 0.2) is 5.89 Å². The molecule has 1 fully saturated rings. The van der Waals surface area contributed by atoms with Crippen molar-refractivity contribution in [3.63, 3.8) is 0 Å². The van der Waals surface area contributed by atoms with E-state index in [4.69, 9.17) is 14.4 Å². The van der Waals surface area contributed by atoms with Crippen molar-refractivity contribution in [2.75, 3.05) is 0 Å². The van der Waals surface area contributed by atoms with Crippen LogP contribution in [0.3, 0.4) is 0 Å². The summed E-state index contributed by atoms with van der Waals surface area (Å²) in [6, 6.07) is 0. The molecule has 2 heterocycles. The van der Waals surface area contributed by atoms with Gasteiger partial charge in [0.05, 0.1) is 16.4 Å². The second kappa shape index (κ2) is 6.93. The predicted molar refractivity (Wildman–Crippen MR) is 123 cm³/mol. The van der Waals surface area contributed by atoms with Crippen LogP contribution in [0.1, 0.15) is 121 Å². The topological polar surface area (TPSA) is 38.9 Å². The van der Waals surface area contributed by atoms with E-state index < -0.39 is 0 Å². The number of rotatable bonds is 4. The average molecular weight is 417 g/mol. The molecule has 0 aromatic carbocycles. The van der Waals surface area contributed by atoms with Crippen molar-refractivity contribution in [3.05, 3.63) is 32.9 Å². The standard InChI is InChI=1S/C25H40N2OS/c1-22(2,3)18-17(28-20(27-18)15-14-25(15,10)11)13-12-16-19(23(4,5)6)29-21(26-16)24(7,8)9/h15H,12-14H2,1-11H3. The van der Waals surface area contributed by atoms with Crippen LogP contribution in [-0.4, -0.2) is 9.97 Å². The molecule has 1 saturated carbocycles. The maximum absolute atomic E-state index is 6.39. The van der Waals surface area contributed by atoms with Gasteiger partial charge in [-0.05, 0) is 23.7 Å². The highest BCUT2D eigenvalue weighted by molar-refractivity contribution is 7.12. The largest absolute Gasteiger partial charge is 0.445 e. The summed E-state index contributed by atoms with van der Waals surface area (Å²) in [4.78, 5) is 11.5. The van der Waals surface area contributed by atoms with Crippen LogP contribution in [0, 0.1) is 5.41 Å². The lowest BCUT2D eigenvalue weighted by Gasteiger charge is -2.19. The van der Waals surface area contributed by atoms with E-state index in [1.54, 1.807) is 0 Å². The van der Waals surface area contributed by atoms with E-state index in [0.717, 1.165) is 30.2 Å². The normalized spacial score (nSPS) is 19.6. The zero-order valence-electron chi connectivity index (χ0n) is 20.4. The summed E-state index contributed by atoms with van der Waals surface area (Å²) in [5.41, 5.74) is 2.86. The molecule has 0 bridgehead atoms. The summed E-state index contributed by atoms with van der Waals surface area (Å²) in [7, 11) is 0. The van der Waals surface area contributed by atoms with Gasteiger partial charge >= 0.3 is 0 Å². The van der Waals surface area contributed by atoms with Crippen molar-refractivity contribution in [1.82, 2.24) is 9.97 Å². The molecule has 1 aliphatic rings. The Bertz CT molecular complexity index is 882. The van der Waals surface area contributed by atoms with Crippen LogP contribution < -0.4 is 0 Å². The van der Waals surface area contributed by atoms with Gasteiger partial charge in [0, 0.05) is 28.0 Å². The van der Waals surface area contributed by atoms with E-state index in [9.17, 15) is 0 Å². The van der Waals surface area contributed by atoms with Gasteiger partial charge in [0.25, 0.3) is 0 Å². The van der Waals surface area contributed by atoms with Crippen LogP contribution in [0.15, 0.2) is 4.42 Å². The van der Waals surface area contributed by atoms with Gasteiger partial charge in [-0.15, -0.1) is 11.3 Å². The van der Waals surface area contributed by atoms with E-state index >= 15 is 0 Å². The second-order valence-corrected chi connectivity index (χ2v) is 13.6. The summed E-state index contributed by atoms with van der Waals surface area (Å²) in [6.07, 6.45) is 2.94. The smallest absolute Gasteiger partial charge is 0.198 e. The maximum Gasteiger partial charge on any atom is 0.198 e. The molecule has 0 N–H and O–H groups in total. The number of thiazole rings is 1. The lowest BCUT2D eigenvalue weighted by atomic mass is 9.89. The van der Waals surface area contributed by atoms with E-state index in [-0.39, 0.29) is 16.2 Å². The van der Waals surface area contributed by atoms with Crippen LogP contribution in [0.5, 0.6) is 0 Å². The van der Waals surface area contributed by atoms with E-state index in [0.29, 0.717) is 11.3 Å². The Morgan fingerprint density at radius 3 is 1.93 bits per heavy atom. The molecule has 3 nitrogen and oxygen atoms in total. The lowest BCUT2D eigenvalue weighted by Crippen LogP contribution is -2.15. The monoisotopic (exact) mass is 416 g/mol. The van der Waals surface area contributed by atoms with Crippen molar-refractivity contribution < 1.29 is 4.42 Å². The minimum Gasteiger partial charge on any atom is -0.445 e. The molecular weight excluding hydrogens is 376 g/mol. The third-order valence-corrected chi connectivity index (χ3v) is 7.79. The first-order chi connectivity index (χ1) is 13.0. The minimum atomic E-state index is -0.0123. The predicted octanol–water partition coefficient (Wildman–Crippen LogP) is 7.32. The van der Waals surface area contributed by atoms with Crippen molar-refractivity contribution in [1.29, 1.82) is 0 Å². The minimum absolute atomic E-state index is 0.0123. The molecule has 4 heteroatoms. The first-order valence-electron chi connectivity index (χ1n) is 11.0. The molecule has 2 aromatic heterocycles. The number of aromatic nitrogens is 2. The highest BCUT2D eigenvalue weighted by Crippen LogP contribution is 2.58. The molecule has 162 valence electrons. The highest BCUT2D eigenvalue weighted by Gasteiger charge is 2.50. The molecule has 1 unspecified atom stereocenters. The summed E-state index contributed by atoms with van der Waals surface area (Å²) >= 11 is 1.88. The number of aryl methyl sites for hydroxylation is 2. The number of hydrogen-bond donors (Lipinski definition) is 0. The lowest BCUT2D eigenvalue weighted by molar-refractivity contribution is 0.430. The fraction of sp³-hybridized carbons (Fsp3) is 0.760. The molecule has 0 spiro atoms. The zero-order chi connectivity index (χ0) is 22.0. The van der Waals surface area contributed by atoms with Crippen LogP contribution in [0.25, 0.3) is 0 Å². The number of nitrogens with zero attached hydrogens (tertiary/aromatic N) is 2. The Morgan fingerprint density at radius 2 is 1.48 bits per heavy atom. The summed E-state index contributed by atoms with van der Waals surface area (Å²) < 4.78 is 6.39. The van der Waals surface area contributed by atoms with Crippen molar-refractivity contribution in [3.8, 4) is 0 Å². The number of hydrogen-bond acceptors (Lipinski definition) is 4. The molecule has 29 heavy (non-hydrogen) atoms. The second-order valence-electron chi connectivity index (χ2n) is 12.6. The SMILES string of the molecule is CC(C)(C)c1nc(CCc2oc(C3CC3(C)C)nc2C(C)(C)C)c(C(C)(C)C)s1. The zero-order valence-corrected chi connectivity index (χ0v) is 21.2. The van der Waals surface area contributed by atoms with Crippen LogP contribution >= 0.6 is 11.3 Å². The quantitative estimate of drug-likeness (QED) is 0.524. The van der Waals surface area contributed by atoms with Crippen molar-refractivity contribution >= 4 is 11.3 Å². The Balaban J connectivity index is 1.91. The van der Waals surface area contributed by atoms with Gasteiger partial charge in [0.2, 0.25) is 0 Å². The van der Waals surface area contributed by atoms with Gasteiger partial charge in [0.1, 0.15) is 5.76 Å². The molecule has 1 aliphatic carbocycles. The summed E-state index contributed by atoms with van der Waals surface area (Å²) in [5.74, 6) is 2.47. The molecule has 0 saturated heterocycles. The molecule has 0 amide bonds. The number of oxazole rings is 1. The van der Waals surface area contributed by atoms with E-state index in [1.165, 1.54) is 22.0 Å². The third-order valence-electron chi connectivity index (χ3n) is 5.84.